The van der Waals surface area contributed by atoms with E-state index in [0.717, 1.165) is 22.7 Å². The van der Waals surface area contributed by atoms with Crippen LogP contribution in [-0.4, -0.2) is 28.8 Å². The molecule has 1 rings (SSSR count). The molecule has 21 heavy (non-hydrogen) atoms. The second-order valence-corrected chi connectivity index (χ2v) is 7.35. The minimum absolute atomic E-state index is 0.0370. The van der Waals surface area contributed by atoms with Crippen LogP contribution in [0, 0.1) is 11.8 Å². The lowest BCUT2D eigenvalue weighted by atomic mass is 10.0. The number of hydrogen-bond acceptors (Lipinski definition) is 4. The van der Waals surface area contributed by atoms with Crippen molar-refractivity contribution in [2.24, 2.45) is 11.8 Å². The Kier molecular flexibility index (Phi) is 7.67. The molecule has 0 aliphatic carbocycles. The van der Waals surface area contributed by atoms with Gasteiger partial charge in [0.05, 0.1) is 24.2 Å². The third kappa shape index (κ3) is 7.43. The van der Waals surface area contributed by atoms with Crippen LogP contribution in [0.15, 0.2) is 6.20 Å². The molecule has 0 saturated carbocycles. The summed E-state index contributed by atoms with van der Waals surface area (Å²) in [5.41, 5.74) is 0. The maximum absolute atomic E-state index is 11.8. The smallest absolute Gasteiger partial charge is 0.315 e. The van der Waals surface area contributed by atoms with E-state index in [4.69, 9.17) is 0 Å². The maximum Gasteiger partial charge on any atom is 0.315 e. The number of aliphatic hydroxyl groups is 1. The summed E-state index contributed by atoms with van der Waals surface area (Å²) in [6, 6.07) is -0.434. The van der Waals surface area contributed by atoms with Crippen LogP contribution < -0.4 is 10.6 Å². The molecule has 0 aliphatic rings. The number of rotatable bonds is 8. The Morgan fingerprint density at radius 3 is 2.62 bits per heavy atom. The highest BCUT2D eigenvalue weighted by atomic mass is 32.1. The van der Waals surface area contributed by atoms with Crippen LogP contribution >= 0.6 is 11.3 Å². The first-order valence-electron chi connectivity index (χ1n) is 7.49. The van der Waals surface area contributed by atoms with E-state index in [-0.39, 0.29) is 18.7 Å². The lowest BCUT2D eigenvalue weighted by Crippen LogP contribution is -2.44. The van der Waals surface area contributed by atoms with Gasteiger partial charge in [-0.2, -0.15) is 0 Å². The number of aromatic nitrogens is 1. The minimum Gasteiger partial charge on any atom is -0.394 e. The first kappa shape index (κ1) is 17.9. The summed E-state index contributed by atoms with van der Waals surface area (Å²) in [5, 5.41) is 16.0. The molecule has 120 valence electrons. The molecule has 1 heterocycles. The first-order chi connectivity index (χ1) is 9.90. The molecule has 3 N–H and O–H groups in total. The van der Waals surface area contributed by atoms with E-state index in [2.05, 4.69) is 43.3 Å². The molecule has 5 nitrogen and oxygen atoms in total. The number of carbonyl (C=O) groups excluding carboxylic acids is 1. The van der Waals surface area contributed by atoms with Gasteiger partial charge in [-0.15, -0.1) is 11.3 Å². The molecule has 0 spiro atoms. The van der Waals surface area contributed by atoms with Crippen molar-refractivity contribution in [2.75, 3.05) is 6.61 Å². The van der Waals surface area contributed by atoms with E-state index in [1.165, 1.54) is 0 Å². The molecule has 2 amide bonds. The average Bonchev–Trinajstić information content (AvgIpc) is 2.81. The number of amides is 2. The van der Waals surface area contributed by atoms with Gasteiger partial charge >= 0.3 is 6.03 Å². The summed E-state index contributed by atoms with van der Waals surface area (Å²) in [6.07, 6.45) is 3.56. The van der Waals surface area contributed by atoms with Crippen molar-refractivity contribution in [2.45, 2.75) is 53.1 Å². The van der Waals surface area contributed by atoms with Crippen LogP contribution in [0.5, 0.6) is 0 Å². The number of nitrogens with zero attached hydrogens (tertiary/aromatic N) is 1. The zero-order chi connectivity index (χ0) is 15.8. The second kappa shape index (κ2) is 9.00. The fraction of sp³-hybridized carbons (Fsp3) is 0.733. The molecule has 0 bridgehead atoms. The molecular formula is C15H27N3O2S. The fourth-order valence-electron chi connectivity index (χ4n) is 2.03. The van der Waals surface area contributed by atoms with Crippen LogP contribution in [0.4, 0.5) is 4.79 Å². The quantitative estimate of drug-likeness (QED) is 0.690. The van der Waals surface area contributed by atoms with Gasteiger partial charge in [0.1, 0.15) is 0 Å². The predicted molar refractivity (Wildman–Crippen MR) is 86.4 cm³/mol. The average molecular weight is 313 g/mol. The van der Waals surface area contributed by atoms with Gasteiger partial charge < -0.3 is 15.7 Å². The van der Waals surface area contributed by atoms with Gasteiger partial charge in [0.15, 0.2) is 0 Å². The van der Waals surface area contributed by atoms with Crippen LogP contribution in [0.3, 0.4) is 0 Å². The molecule has 1 aromatic rings. The molecule has 0 radical (unpaired) electrons. The van der Waals surface area contributed by atoms with E-state index in [0.29, 0.717) is 18.4 Å². The molecule has 1 aromatic heterocycles. The Bertz CT molecular complexity index is 432. The maximum atomic E-state index is 11.8. The zero-order valence-corrected chi connectivity index (χ0v) is 14.2. The highest BCUT2D eigenvalue weighted by Gasteiger charge is 2.13. The van der Waals surface area contributed by atoms with Crippen molar-refractivity contribution in [1.29, 1.82) is 0 Å². The topological polar surface area (TPSA) is 74.2 Å². The minimum atomic E-state index is -0.242. The van der Waals surface area contributed by atoms with Crippen LogP contribution in [0.25, 0.3) is 0 Å². The normalized spacial score (nSPS) is 12.7. The summed E-state index contributed by atoms with van der Waals surface area (Å²) < 4.78 is 0. The van der Waals surface area contributed by atoms with Crippen LogP contribution in [0.1, 0.15) is 44.0 Å². The number of hydrogen-bond donors (Lipinski definition) is 3. The van der Waals surface area contributed by atoms with E-state index >= 15 is 0 Å². The third-order valence-electron chi connectivity index (χ3n) is 2.92. The summed E-state index contributed by atoms with van der Waals surface area (Å²) >= 11 is 1.64. The van der Waals surface area contributed by atoms with E-state index in [1.54, 1.807) is 11.3 Å². The number of urea groups is 1. The standard InChI is InChI=1S/C15H27N3O2S/c1-10(2)5-12(9-19)18-15(20)17-8-13-7-16-14(21-13)6-11(3)4/h7,10-12,19H,5-6,8-9H2,1-4H3,(H2,17,18,20). The highest BCUT2D eigenvalue weighted by Crippen LogP contribution is 2.16. The summed E-state index contributed by atoms with van der Waals surface area (Å²) in [5.74, 6) is 1.02. The Hall–Kier alpha value is -1.14. The van der Waals surface area contributed by atoms with Gasteiger partial charge in [0, 0.05) is 17.5 Å². The summed E-state index contributed by atoms with van der Waals surface area (Å²) in [6.45, 7) is 8.89. The van der Waals surface area contributed by atoms with Gasteiger partial charge in [-0.25, -0.2) is 9.78 Å². The summed E-state index contributed by atoms with van der Waals surface area (Å²) in [4.78, 5) is 17.2. The number of thiazole rings is 1. The molecule has 0 saturated heterocycles. The third-order valence-corrected chi connectivity index (χ3v) is 3.94. The monoisotopic (exact) mass is 313 g/mol. The Morgan fingerprint density at radius 1 is 1.33 bits per heavy atom. The Morgan fingerprint density at radius 2 is 2.05 bits per heavy atom. The van der Waals surface area contributed by atoms with Crippen molar-refractivity contribution in [1.82, 2.24) is 15.6 Å². The fourth-order valence-corrected chi connectivity index (χ4v) is 3.10. The molecule has 6 heteroatoms. The van der Waals surface area contributed by atoms with E-state index in [9.17, 15) is 9.90 Å². The van der Waals surface area contributed by atoms with Crippen molar-refractivity contribution in [3.05, 3.63) is 16.1 Å². The molecule has 1 unspecified atom stereocenters. The van der Waals surface area contributed by atoms with Crippen molar-refractivity contribution < 1.29 is 9.90 Å². The van der Waals surface area contributed by atoms with E-state index in [1.807, 2.05) is 6.20 Å². The van der Waals surface area contributed by atoms with Crippen LogP contribution in [0.2, 0.25) is 0 Å². The SMILES string of the molecule is CC(C)Cc1ncc(CNC(=O)NC(CO)CC(C)C)s1. The molecule has 0 aliphatic heterocycles. The van der Waals surface area contributed by atoms with Crippen LogP contribution in [-0.2, 0) is 13.0 Å². The number of aliphatic hydroxyl groups excluding tert-OH is 1. The van der Waals surface area contributed by atoms with Gasteiger partial charge in [0.25, 0.3) is 0 Å². The zero-order valence-electron chi connectivity index (χ0n) is 13.3. The first-order valence-corrected chi connectivity index (χ1v) is 8.31. The Balaban J connectivity index is 2.36. The largest absolute Gasteiger partial charge is 0.394 e. The molecular weight excluding hydrogens is 286 g/mol. The van der Waals surface area contributed by atoms with E-state index < -0.39 is 0 Å². The number of carbonyl (C=O) groups is 1. The Labute approximate surface area is 131 Å². The molecule has 1 atom stereocenters. The predicted octanol–water partition coefficient (Wildman–Crippen LogP) is 2.55. The van der Waals surface area contributed by atoms with Gasteiger partial charge in [-0.1, -0.05) is 27.7 Å². The molecule has 0 fully saturated rings. The lowest BCUT2D eigenvalue weighted by molar-refractivity contribution is 0.207. The lowest BCUT2D eigenvalue weighted by Gasteiger charge is -2.18. The summed E-state index contributed by atoms with van der Waals surface area (Å²) in [7, 11) is 0. The van der Waals surface area contributed by atoms with Gasteiger partial charge in [0.2, 0.25) is 0 Å². The van der Waals surface area contributed by atoms with Gasteiger partial charge in [-0.05, 0) is 18.3 Å². The van der Waals surface area contributed by atoms with Crippen molar-refractivity contribution in [3.63, 3.8) is 0 Å². The van der Waals surface area contributed by atoms with Crippen molar-refractivity contribution in [3.8, 4) is 0 Å². The second-order valence-electron chi connectivity index (χ2n) is 6.15. The number of nitrogens with one attached hydrogen (secondary N) is 2. The molecule has 0 aromatic carbocycles. The van der Waals surface area contributed by atoms with Gasteiger partial charge in [-0.3, -0.25) is 0 Å². The highest BCUT2D eigenvalue weighted by molar-refractivity contribution is 7.11. The van der Waals surface area contributed by atoms with Crippen molar-refractivity contribution >= 4 is 17.4 Å².